The van der Waals surface area contributed by atoms with Crippen LogP contribution in [0.2, 0.25) is 0 Å². The Morgan fingerprint density at radius 3 is 2.59 bits per heavy atom. The lowest BCUT2D eigenvalue weighted by Crippen LogP contribution is -2.11. The molecule has 1 aromatic heterocycles. The Hall–Kier alpha value is -1.68. The molecule has 0 aliphatic carbocycles. The van der Waals surface area contributed by atoms with E-state index in [1.54, 1.807) is 17.0 Å². The second-order valence-corrected chi connectivity index (χ2v) is 4.25. The molecule has 0 aliphatic heterocycles. The molecule has 0 aliphatic rings. The molecule has 0 saturated carbocycles. The molecule has 0 bridgehead atoms. The minimum Gasteiger partial charge on any atom is -0.324 e. The van der Waals surface area contributed by atoms with Gasteiger partial charge in [0.15, 0.2) is 0 Å². The molecule has 3 nitrogen and oxygen atoms in total. The molecule has 0 unspecified atom stereocenters. The van der Waals surface area contributed by atoms with Crippen LogP contribution < -0.4 is 5.73 Å². The van der Waals surface area contributed by atoms with Crippen LogP contribution in [0.25, 0.3) is 5.69 Å². The maximum Gasteiger partial charge on any atom is 0.147 e. The van der Waals surface area contributed by atoms with Gasteiger partial charge in [0, 0.05) is 11.7 Å². The highest BCUT2D eigenvalue weighted by molar-refractivity contribution is 5.45. The molecule has 0 saturated heterocycles. The highest BCUT2D eigenvalue weighted by Gasteiger charge is 2.15. The fraction of sp³-hybridized carbons (Fsp3) is 0.308. The number of aryl methyl sites for hydroxylation is 1. The van der Waals surface area contributed by atoms with Gasteiger partial charge in [0.1, 0.15) is 5.82 Å². The van der Waals surface area contributed by atoms with E-state index in [0.29, 0.717) is 5.69 Å². The summed E-state index contributed by atoms with van der Waals surface area (Å²) in [6.07, 6.45) is 1.63. The van der Waals surface area contributed by atoms with Crippen LogP contribution in [-0.2, 0) is 0 Å². The summed E-state index contributed by atoms with van der Waals surface area (Å²) < 4.78 is 15.7. The number of nitrogens with zero attached hydrogens (tertiary/aromatic N) is 2. The molecule has 1 atom stereocenters. The molecule has 4 heteroatoms. The van der Waals surface area contributed by atoms with Crippen molar-refractivity contribution < 1.29 is 4.39 Å². The van der Waals surface area contributed by atoms with Gasteiger partial charge in [0.25, 0.3) is 0 Å². The number of imidazole rings is 1. The Labute approximate surface area is 100 Å². The molecular formula is C13H16FN3. The monoisotopic (exact) mass is 233 g/mol. The topological polar surface area (TPSA) is 43.8 Å². The Balaban J connectivity index is 2.70. The van der Waals surface area contributed by atoms with E-state index in [9.17, 15) is 4.39 Å². The van der Waals surface area contributed by atoms with Gasteiger partial charge in [0.2, 0.25) is 0 Å². The highest BCUT2D eigenvalue weighted by atomic mass is 19.1. The molecule has 1 aromatic carbocycles. The quantitative estimate of drug-likeness (QED) is 0.866. The first-order valence-corrected chi connectivity index (χ1v) is 5.57. The molecule has 0 amide bonds. The van der Waals surface area contributed by atoms with Gasteiger partial charge < -0.3 is 10.3 Å². The third-order valence-electron chi connectivity index (χ3n) is 3.00. The summed E-state index contributed by atoms with van der Waals surface area (Å²) in [5, 5.41) is 0. The minimum absolute atomic E-state index is 0.220. The van der Waals surface area contributed by atoms with Crippen LogP contribution in [0.1, 0.15) is 29.9 Å². The van der Waals surface area contributed by atoms with E-state index in [-0.39, 0.29) is 11.9 Å². The number of halogens is 1. The average molecular weight is 233 g/mol. The maximum absolute atomic E-state index is 14.0. The van der Waals surface area contributed by atoms with Crippen LogP contribution in [0.4, 0.5) is 4.39 Å². The van der Waals surface area contributed by atoms with Crippen LogP contribution in [-0.4, -0.2) is 9.55 Å². The van der Waals surface area contributed by atoms with E-state index in [1.165, 1.54) is 6.07 Å². The van der Waals surface area contributed by atoms with Gasteiger partial charge in [-0.2, -0.15) is 0 Å². The van der Waals surface area contributed by atoms with Crippen molar-refractivity contribution in [3.05, 3.63) is 47.3 Å². The lowest BCUT2D eigenvalue weighted by atomic mass is 10.1. The van der Waals surface area contributed by atoms with Crippen molar-refractivity contribution in [2.75, 3.05) is 0 Å². The minimum atomic E-state index is -0.277. The van der Waals surface area contributed by atoms with Crippen LogP contribution in [0.5, 0.6) is 0 Å². The fourth-order valence-corrected chi connectivity index (χ4v) is 1.88. The van der Waals surface area contributed by atoms with Crippen molar-refractivity contribution in [1.82, 2.24) is 9.55 Å². The van der Waals surface area contributed by atoms with E-state index in [1.807, 2.05) is 26.8 Å². The van der Waals surface area contributed by atoms with Crippen molar-refractivity contribution >= 4 is 0 Å². The Morgan fingerprint density at radius 2 is 2.06 bits per heavy atom. The molecule has 0 spiro atoms. The summed E-state index contributed by atoms with van der Waals surface area (Å²) in [6, 6.07) is 4.74. The van der Waals surface area contributed by atoms with Gasteiger partial charge in [-0.3, -0.25) is 0 Å². The zero-order valence-corrected chi connectivity index (χ0v) is 10.2. The van der Waals surface area contributed by atoms with Gasteiger partial charge in [-0.1, -0.05) is 12.1 Å². The molecule has 90 valence electrons. The van der Waals surface area contributed by atoms with Gasteiger partial charge in [-0.25, -0.2) is 9.37 Å². The van der Waals surface area contributed by atoms with E-state index in [2.05, 4.69) is 4.98 Å². The van der Waals surface area contributed by atoms with Crippen molar-refractivity contribution in [1.29, 1.82) is 0 Å². The largest absolute Gasteiger partial charge is 0.324 e. The number of rotatable bonds is 2. The van der Waals surface area contributed by atoms with E-state index in [4.69, 9.17) is 5.73 Å². The predicted molar refractivity (Wildman–Crippen MR) is 65.6 cm³/mol. The van der Waals surface area contributed by atoms with E-state index >= 15 is 0 Å². The molecular weight excluding hydrogens is 217 g/mol. The molecule has 2 N–H and O–H groups in total. The standard InChI is InChI=1S/C13H16FN3/c1-8(15)11-5-4-6-12(14)13(11)17-7-16-9(2)10(17)3/h4-8H,15H2,1-3H3/t8-/m0/s1. The normalized spacial score (nSPS) is 12.8. The molecule has 17 heavy (non-hydrogen) atoms. The van der Waals surface area contributed by atoms with Crippen LogP contribution in [0, 0.1) is 19.7 Å². The Bertz CT molecular complexity index is 544. The van der Waals surface area contributed by atoms with E-state index in [0.717, 1.165) is 17.0 Å². The third-order valence-corrected chi connectivity index (χ3v) is 3.00. The summed E-state index contributed by atoms with van der Waals surface area (Å²) in [5.74, 6) is -0.277. The zero-order chi connectivity index (χ0) is 12.6. The summed E-state index contributed by atoms with van der Waals surface area (Å²) in [7, 11) is 0. The maximum atomic E-state index is 14.0. The summed E-state index contributed by atoms with van der Waals surface area (Å²) in [5.41, 5.74) is 8.98. The second-order valence-electron chi connectivity index (χ2n) is 4.25. The average Bonchev–Trinajstić information content (AvgIpc) is 2.60. The van der Waals surface area contributed by atoms with Crippen molar-refractivity contribution in [3.63, 3.8) is 0 Å². The first-order chi connectivity index (χ1) is 8.02. The molecule has 2 rings (SSSR count). The van der Waals surface area contributed by atoms with Crippen molar-refractivity contribution in [3.8, 4) is 5.69 Å². The zero-order valence-electron chi connectivity index (χ0n) is 10.2. The lowest BCUT2D eigenvalue weighted by Gasteiger charge is -2.15. The van der Waals surface area contributed by atoms with Crippen LogP contribution in [0.3, 0.4) is 0 Å². The number of hydrogen-bond donors (Lipinski definition) is 1. The molecule has 1 heterocycles. The van der Waals surface area contributed by atoms with Crippen molar-refractivity contribution in [2.45, 2.75) is 26.8 Å². The predicted octanol–water partition coefficient (Wildman–Crippen LogP) is 2.65. The second kappa shape index (κ2) is 4.30. The number of benzene rings is 1. The number of hydrogen-bond acceptors (Lipinski definition) is 2. The lowest BCUT2D eigenvalue weighted by molar-refractivity contribution is 0.609. The summed E-state index contributed by atoms with van der Waals surface area (Å²) in [4.78, 5) is 4.19. The first kappa shape index (κ1) is 11.8. The van der Waals surface area contributed by atoms with Crippen LogP contribution >= 0.6 is 0 Å². The summed E-state index contributed by atoms with van der Waals surface area (Å²) >= 11 is 0. The highest BCUT2D eigenvalue weighted by Crippen LogP contribution is 2.25. The first-order valence-electron chi connectivity index (χ1n) is 5.57. The fourth-order valence-electron chi connectivity index (χ4n) is 1.88. The number of para-hydroxylation sites is 1. The third kappa shape index (κ3) is 1.96. The van der Waals surface area contributed by atoms with Gasteiger partial charge in [-0.15, -0.1) is 0 Å². The number of aromatic nitrogens is 2. The van der Waals surface area contributed by atoms with Gasteiger partial charge in [0.05, 0.1) is 17.7 Å². The number of nitrogens with two attached hydrogens (primary N) is 1. The van der Waals surface area contributed by atoms with Gasteiger partial charge >= 0.3 is 0 Å². The molecule has 0 radical (unpaired) electrons. The summed E-state index contributed by atoms with van der Waals surface area (Å²) in [6.45, 7) is 5.66. The Morgan fingerprint density at radius 1 is 1.35 bits per heavy atom. The smallest absolute Gasteiger partial charge is 0.147 e. The van der Waals surface area contributed by atoms with Crippen LogP contribution in [0.15, 0.2) is 24.5 Å². The van der Waals surface area contributed by atoms with Gasteiger partial charge in [-0.05, 0) is 32.4 Å². The Kier molecular flexibility index (Phi) is 2.98. The SMILES string of the molecule is Cc1ncn(-c2c(F)cccc2[C@H](C)N)c1C. The molecule has 2 aromatic rings. The molecule has 0 fully saturated rings. The van der Waals surface area contributed by atoms with Crippen molar-refractivity contribution in [2.24, 2.45) is 5.73 Å². The van der Waals surface area contributed by atoms with E-state index < -0.39 is 0 Å².